The summed E-state index contributed by atoms with van der Waals surface area (Å²) >= 11 is 3.50. The van der Waals surface area contributed by atoms with Gasteiger partial charge in [0.15, 0.2) is 0 Å². The molecule has 1 unspecified atom stereocenters. The van der Waals surface area contributed by atoms with Crippen molar-refractivity contribution in [2.45, 2.75) is 37.4 Å². The number of alkyl halides is 1. The average molecular weight is 353 g/mol. The van der Waals surface area contributed by atoms with Gasteiger partial charge in [0.05, 0.1) is 4.83 Å². The molecule has 112 valence electrons. The molecule has 0 aliphatic carbocycles. The minimum absolute atomic E-state index is 0.126. The molecule has 0 radical (unpaired) electrons. The summed E-state index contributed by atoms with van der Waals surface area (Å²) in [4.78, 5) is -0.281. The minimum atomic E-state index is -0.559. The van der Waals surface area contributed by atoms with Crippen molar-refractivity contribution in [3.05, 3.63) is 70.8 Å². The Kier molecular flexibility index (Phi) is 4.82. The third-order valence-corrected chi connectivity index (χ3v) is 5.13. The van der Waals surface area contributed by atoms with Crippen LogP contribution in [0.25, 0.3) is 0 Å². The molecule has 0 aromatic heterocycles. The molecule has 21 heavy (non-hydrogen) atoms. The highest BCUT2D eigenvalue weighted by Gasteiger charge is 2.19. The fourth-order valence-electron chi connectivity index (χ4n) is 2.19. The molecule has 0 N–H and O–H groups in total. The van der Waals surface area contributed by atoms with Gasteiger partial charge < -0.3 is 0 Å². The summed E-state index contributed by atoms with van der Waals surface area (Å²) in [6, 6.07) is 11.8. The maximum absolute atomic E-state index is 13.8. The predicted octanol–water partition coefficient (Wildman–Crippen LogP) is 6.14. The van der Waals surface area contributed by atoms with E-state index in [-0.39, 0.29) is 10.2 Å². The standard InChI is InChI=1S/C18H19BrF2/c1-4-18(2,3)13-7-5-12(6-8-13)17(19)15-10-9-14(20)11-16(15)21/h5-11,17H,4H2,1-3H3. The first-order valence-corrected chi connectivity index (χ1v) is 7.96. The van der Waals surface area contributed by atoms with Gasteiger partial charge in [0.1, 0.15) is 11.6 Å². The van der Waals surface area contributed by atoms with E-state index in [1.54, 1.807) is 0 Å². The van der Waals surface area contributed by atoms with E-state index in [0.29, 0.717) is 5.56 Å². The molecule has 1 atom stereocenters. The lowest BCUT2D eigenvalue weighted by atomic mass is 9.82. The monoisotopic (exact) mass is 352 g/mol. The molecular formula is C18H19BrF2. The summed E-state index contributed by atoms with van der Waals surface area (Å²) in [5, 5.41) is 0. The van der Waals surface area contributed by atoms with Crippen LogP contribution < -0.4 is 0 Å². The van der Waals surface area contributed by atoms with Crippen molar-refractivity contribution >= 4 is 15.9 Å². The fourth-order valence-corrected chi connectivity index (χ4v) is 2.87. The van der Waals surface area contributed by atoms with Gasteiger partial charge in [0, 0.05) is 11.6 Å². The van der Waals surface area contributed by atoms with Gasteiger partial charge in [0.25, 0.3) is 0 Å². The van der Waals surface area contributed by atoms with Crippen molar-refractivity contribution in [2.75, 3.05) is 0 Å². The zero-order valence-corrected chi connectivity index (χ0v) is 14.0. The van der Waals surface area contributed by atoms with E-state index in [9.17, 15) is 8.78 Å². The van der Waals surface area contributed by atoms with Gasteiger partial charge in [-0.1, -0.05) is 67.0 Å². The quantitative estimate of drug-likeness (QED) is 0.580. The highest BCUT2D eigenvalue weighted by atomic mass is 79.9. The van der Waals surface area contributed by atoms with Gasteiger partial charge in [-0.2, -0.15) is 0 Å². The highest BCUT2D eigenvalue weighted by Crippen LogP contribution is 2.34. The molecule has 0 nitrogen and oxygen atoms in total. The molecule has 3 heteroatoms. The van der Waals surface area contributed by atoms with Crippen LogP contribution in [-0.2, 0) is 5.41 Å². The molecule has 0 aliphatic rings. The van der Waals surface area contributed by atoms with Gasteiger partial charge in [-0.25, -0.2) is 8.78 Å². The number of benzene rings is 2. The van der Waals surface area contributed by atoms with Gasteiger partial charge >= 0.3 is 0 Å². The van der Waals surface area contributed by atoms with E-state index >= 15 is 0 Å². The maximum Gasteiger partial charge on any atom is 0.130 e. The van der Waals surface area contributed by atoms with Crippen LogP contribution >= 0.6 is 15.9 Å². The van der Waals surface area contributed by atoms with Crippen LogP contribution in [0.1, 0.15) is 48.7 Å². The van der Waals surface area contributed by atoms with Crippen molar-refractivity contribution in [3.63, 3.8) is 0 Å². The van der Waals surface area contributed by atoms with Crippen LogP contribution in [0.4, 0.5) is 8.78 Å². The Bertz CT molecular complexity index is 618. The SMILES string of the molecule is CCC(C)(C)c1ccc(C(Br)c2ccc(F)cc2F)cc1. The van der Waals surface area contributed by atoms with Gasteiger partial charge in [-0.05, 0) is 29.0 Å². The zero-order chi connectivity index (χ0) is 15.6. The summed E-state index contributed by atoms with van der Waals surface area (Å²) in [6.07, 6.45) is 1.05. The Morgan fingerprint density at radius 3 is 2.19 bits per heavy atom. The number of hydrogen-bond acceptors (Lipinski definition) is 0. The molecule has 0 saturated carbocycles. The minimum Gasteiger partial charge on any atom is -0.207 e. The number of hydrogen-bond donors (Lipinski definition) is 0. The second kappa shape index (κ2) is 6.27. The van der Waals surface area contributed by atoms with Crippen LogP contribution in [0.15, 0.2) is 42.5 Å². The molecule has 2 aromatic carbocycles. The lowest BCUT2D eigenvalue weighted by Gasteiger charge is -2.24. The normalized spacial score (nSPS) is 13.2. The van der Waals surface area contributed by atoms with E-state index in [4.69, 9.17) is 0 Å². The topological polar surface area (TPSA) is 0 Å². The van der Waals surface area contributed by atoms with Crippen molar-refractivity contribution in [1.82, 2.24) is 0 Å². The first-order chi connectivity index (χ1) is 9.85. The van der Waals surface area contributed by atoms with E-state index in [0.717, 1.165) is 18.1 Å². The highest BCUT2D eigenvalue weighted by molar-refractivity contribution is 9.09. The number of halogens is 3. The lowest BCUT2D eigenvalue weighted by molar-refractivity contribution is 0.506. The van der Waals surface area contributed by atoms with Crippen molar-refractivity contribution in [2.24, 2.45) is 0 Å². The van der Waals surface area contributed by atoms with E-state index in [1.165, 1.54) is 17.7 Å². The van der Waals surface area contributed by atoms with Crippen LogP contribution in [0.2, 0.25) is 0 Å². The Morgan fingerprint density at radius 1 is 1.05 bits per heavy atom. The summed E-state index contributed by atoms with van der Waals surface area (Å²) < 4.78 is 26.8. The lowest BCUT2D eigenvalue weighted by Crippen LogP contribution is -2.15. The van der Waals surface area contributed by atoms with Crippen LogP contribution in [-0.4, -0.2) is 0 Å². The molecule has 0 amide bonds. The number of rotatable bonds is 4. The largest absolute Gasteiger partial charge is 0.207 e. The molecule has 0 fully saturated rings. The first kappa shape index (κ1) is 16.2. The Hall–Kier alpha value is -1.22. The van der Waals surface area contributed by atoms with Crippen molar-refractivity contribution < 1.29 is 8.78 Å². The Balaban J connectivity index is 2.30. The maximum atomic E-state index is 13.8. The van der Waals surface area contributed by atoms with Crippen LogP contribution in [0.3, 0.4) is 0 Å². The van der Waals surface area contributed by atoms with Crippen LogP contribution in [0.5, 0.6) is 0 Å². The van der Waals surface area contributed by atoms with Gasteiger partial charge in [-0.15, -0.1) is 0 Å². The molecule has 0 spiro atoms. The van der Waals surface area contributed by atoms with E-state index in [2.05, 4.69) is 48.8 Å². The molecule has 0 saturated heterocycles. The Morgan fingerprint density at radius 2 is 1.67 bits per heavy atom. The molecular weight excluding hydrogens is 334 g/mol. The van der Waals surface area contributed by atoms with Gasteiger partial charge in [0.2, 0.25) is 0 Å². The average Bonchev–Trinajstić information content (AvgIpc) is 2.47. The summed E-state index contributed by atoms with van der Waals surface area (Å²) in [7, 11) is 0. The second-order valence-corrected chi connectivity index (χ2v) is 6.80. The first-order valence-electron chi connectivity index (χ1n) is 7.04. The molecule has 0 bridgehead atoms. The third kappa shape index (κ3) is 3.52. The summed E-state index contributed by atoms with van der Waals surface area (Å²) in [6.45, 7) is 6.57. The van der Waals surface area contributed by atoms with E-state index in [1.807, 2.05) is 12.1 Å². The molecule has 2 rings (SSSR count). The predicted molar refractivity (Wildman–Crippen MR) is 86.9 cm³/mol. The van der Waals surface area contributed by atoms with E-state index < -0.39 is 11.6 Å². The third-order valence-electron chi connectivity index (χ3n) is 4.10. The van der Waals surface area contributed by atoms with Gasteiger partial charge in [-0.3, -0.25) is 0 Å². The van der Waals surface area contributed by atoms with Crippen molar-refractivity contribution in [3.8, 4) is 0 Å². The molecule has 2 aromatic rings. The van der Waals surface area contributed by atoms with Crippen LogP contribution in [0, 0.1) is 11.6 Å². The Labute approximate surface area is 133 Å². The summed E-state index contributed by atoms with van der Waals surface area (Å²) in [5.41, 5.74) is 2.78. The molecule has 0 aliphatic heterocycles. The summed E-state index contributed by atoms with van der Waals surface area (Å²) in [5.74, 6) is -1.09. The van der Waals surface area contributed by atoms with Crippen molar-refractivity contribution in [1.29, 1.82) is 0 Å². The molecule has 0 heterocycles. The fraction of sp³-hybridized carbons (Fsp3) is 0.333. The second-order valence-electron chi connectivity index (χ2n) is 5.89. The smallest absolute Gasteiger partial charge is 0.130 e. The zero-order valence-electron chi connectivity index (χ0n) is 12.5.